The van der Waals surface area contributed by atoms with Crippen LogP contribution in [0.25, 0.3) is 5.65 Å². The van der Waals surface area contributed by atoms with Crippen molar-refractivity contribution >= 4 is 23.2 Å². The Bertz CT molecular complexity index is 493. The first-order chi connectivity index (χ1) is 6.74. The molecular weight excluding hydrogens is 204 g/mol. The lowest BCUT2D eigenvalue weighted by molar-refractivity contribution is 0.0949. The maximum absolute atomic E-state index is 11.2. The number of hydrogen-bond donors (Lipinski definition) is 2. The van der Waals surface area contributed by atoms with Gasteiger partial charge in [0.05, 0.1) is 0 Å². The highest BCUT2D eigenvalue weighted by Crippen LogP contribution is 2.17. The summed E-state index contributed by atoms with van der Waals surface area (Å²) in [4.78, 5) is 15.2. The number of nitrogens with one attached hydrogen (secondary N) is 1. The topological polar surface area (TPSA) is 72.4 Å². The molecule has 0 unspecified atom stereocenters. The smallest absolute Gasteiger partial charge is 0.287 e. The lowest BCUT2D eigenvalue weighted by atomic mass is 10.4. The molecule has 3 N–H and O–H groups in total. The van der Waals surface area contributed by atoms with Crippen molar-refractivity contribution in [2.45, 2.75) is 0 Å². The molecule has 0 atom stereocenters. The second kappa shape index (κ2) is 3.28. The van der Waals surface area contributed by atoms with E-state index in [1.807, 2.05) is 11.5 Å². The molecule has 5 nitrogen and oxygen atoms in total. The van der Waals surface area contributed by atoms with Gasteiger partial charge in [-0.1, -0.05) is 17.7 Å². The van der Waals surface area contributed by atoms with Crippen molar-refractivity contribution < 1.29 is 4.79 Å². The molecule has 0 spiro atoms. The molecule has 0 saturated carbocycles. The number of halogens is 1. The molecule has 0 radical (unpaired) electrons. The van der Waals surface area contributed by atoms with Crippen molar-refractivity contribution in [1.29, 1.82) is 0 Å². The molecule has 14 heavy (non-hydrogen) atoms. The average molecular weight is 211 g/mol. The van der Waals surface area contributed by atoms with E-state index < -0.39 is 5.91 Å². The number of imidazole rings is 1. The predicted molar refractivity (Wildman–Crippen MR) is 51.9 cm³/mol. The fraction of sp³-hybridized carbons (Fsp3) is 0. The van der Waals surface area contributed by atoms with Crippen LogP contribution in [0.3, 0.4) is 0 Å². The van der Waals surface area contributed by atoms with Crippen LogP contribution in [0.4, 0.5) is 0 Å². The second-order valence-electron chi connectivity index (χ2n) is 2.65. The number of fused-ring (bicyclic) bond motifs is 1. The van der Waals surface area contributed by atoms with Crippen LogP contribution in [0.1, 0.15) is 10.5 Å². The van der Waals surface area contributed by atoms with E-state index in [0.717, 1.165) is 0 Å². The summed E-state index contributed by atoms with van der Waals surface area (Å²) in [5.74, 6) is 4.49. The molecule has 0 bridgehead atoms. The first kappa shape index (κ1) is 8.98. The Labute approximate surface area is 84.5 Å². The van der Waals surface area contributed by atoms with E-state index in [1.54, 1.807) is 22.7 Å². The van der Waals surface area contributed by atoms with Crippen LogP contribution >= 0.6 is 11.6 Å². The average Bonchev–Trinajstić information content (AvgIpc) is 2.56. The second-order valence-corrected chi connectivity index (χ2v) is 3.01. The minimum Gasteiger partial charge on any atom is -0.290 e. The Morgan fingerprint density at radius 3 is 3.00 bits per heavy atom. The molecule has 72 valence electrons. The summed E-state index contributed by atoms with van der Waals surface area (Å²) in [5.41, 5.74) is 2.72. The quantitative estimate of drug-likeness (QED) is 0.411. The van der Waals surface area contributed by atoms with Gasteiger partial charge in [-0.15, -0.1) is 0 Å². The highest BCUT2D eigenvalue weighted by Gasteiger charge is 2.15. The van der Waals surface area contributed by atoms with Crippen LogP contribution in [-0.2, 0) is 0 Å². The number of nitrogens with two attached hydrogens (primary N) is 1. The third kappa shape index (κ3) is 1.23. The van der Waals surface area contributed by atoms with Crippen molar-refractivity contribution in [2.75, 3.05) is 0 Å². The number of carbonyl (C=O) groups is 1. The number of amides is 1. The fourth-order valence-corrected chi connectivity index (χ4v) is 1.45. The number of nitrogen functional groups attached to an aromatic ring is 1. The van der Waals surface area contributed by atoms with E-state index in [0.29, 0.717) is 5.65 Å². The van der Waals surface area contributed by atoms with Gasteiger partial charge in [0.25, 0.3) is 5.91 Å². The molecule has 2 rings (SSSR count). The summed E-state index contributed by atoms with van der Waals surface area (Å²) < 4.78 is 1.60. The molecule has 1 amide bonds. The van der Waals surface area contributed by atoms with Gasteiger partial charge < -0.3 is 0 Å². The van der Waals surface area contributed by atoms with E-state index in [4.69, 9.17) is 17.4 Å². The third-order valence-electron chi connectivity index (χ3n) is 1.82. The van der Waals surface area contributed by atoms with Crippen molar-refractivity contribution in [2.24, 2.45) is 5.84 Å². The maximum atomic E-state index is 11.2. The number of pyridine rings is 1. The number of hydrazine groups is 1. The molecule has 0 aromatic carbocycles. The van der Waals surface area contributed by atoms with Crippen molar-refractivity contribution in [3.63, 3.8) is 0 Å². The third-order valence-corrected chi connectivity index (χ3v) is 2.18. The molecule has 6 heteroatoms. The van der Waals surface area contributed by atoms with Gasteiger partial charge >= 0.3 is 0 Å². The maximum Gasteiger partial charge on any atom is 0.287 e. The normalized spacial score (nSPS) is 10.4. The first-order valence-electron chi connectivity index (χ1n) is 3.87. The summed E-state index contributed by atoms with van der Waals surface area (Å²) in [6.07, 6.45) is 1.72. The van der Waals surface area contributed by atoms with Gasteiger partial charge in [0, 0.05) is 6.20 Å². The molecule has 0 saturated heterocycles. The van der Waals surface area contributed by atoms with E-state index in [9.17, 15) is 4.79 Å². The zero-order chi connectivity index (χ0) is 10.1. The Kier molecular flexibility index (Phi) is 2.11. The summed E-state index contributed by atoms with van der Waals surface area (Å²) >= 11 is 5.91. The summed E-state index contributed by atoms with van der Waals surface area (Å²) in [6.45, 7) is 0. The Morgan fingerprint density at radius 2 is 2.36 bits per heavy atom. The molecule has 2 aromatic heterocycles. The van der Waals surface area contributed by atoms with E-state index in [2.05, 4.69) is 4.98 Å². The van der Waals surface area contributed by atoms with Crippen LogP contribution in [0.5, 0.6) is 0 Å². The van der Waals surface area contributed by atoms with Gasteiger partial charge in [0.1, 0.15) is 10.8 Å². The number of rotatable bonds is 1. The molecule has 0 aliphatic rings. The van der Waals surface area contributed by atoms with E-state index in [1.165, 1.54) is 0 Å². The van der Waals surface area contributed by atoms with Crippen molar-refractivity contribution in [3.05, 3.63) is 35.2 Å². The standard InChI is InChI=1S/C8H7ClN4O/c9-7-6(8(14)12-10)11-5-3-1-2-4-13(5)7/h1-4H,10H2,(H,12,14). The lowest BCUT2D eigenvalue weighted by Gasteiger charge is -1.94. The number of carbonyl (C=O) groups excluding carboxylic acids is 1. The van der Waals surface area contributed by atoms with E-state index in [-0.39, 0.29) is 10.8 Å². The zero-order valence-electron chi connectivity index (χ0n) is 7.07. The SMILES string of the molecule is NNC(=O)c1nc2ccccn2c1Cl. The fourth-order valence-electron chi connectivity index (χ4n) is 1.18. The Morgan fingerprint density at radius 1 is 1.57 bits per heavy atom. The van der Waals surface area contributed by atoms with E-state index >= 15 is 0 Å². The van der Waals surface area contributed by atoms with Gasteiger partial charge in [-0.05, 0) is 12.1 Å². The largest absolute Gasteiger partial charge is 0.290 e. The van der Waals surface area contributed by atoms with Crippen LogP contribution in [-0.4, -0.2) is 15.3 Å². The lowest BCUT2D eigenvalue weighted by Crippen LogP contribution is -2.30. The molecule has 2 aromatic rings. The molecule has 0 fully saturated rings. The summed E-state index contributed by atoms with van der Waals surface area (Å²) in [7, 11) is 0. The summed E-state index contributed by atoms with van der Waals surface area (Å²) in [6, 6.07) is 5.35. The minimum atomic E-state index is -0.501. The molecule has 0 aliphatic carbocycles. The van der Waals surface area contributed by atoms with Crippen LogP contribution in [0.15, 0.2) is 24.4 Å². The highest BCUT2D eigenvalue weighted by atomic mass is 35.5. The Hall–Kier alpha value is -1.59. The van der Waals surface area contributed by atoms with Gasteiger partial charge in [0.2, 0.25) is 0 Å². The molecule has 2 heterocycles. The minimum absolute atomic E-state index is 0.125. The van der Waals surface area contributed by atoms with Gasteiger partial charge in [0.15, 0.2) is 5.69 Å². The predicted octanol–water partition coefficient (Wildman–Crippen LogP) is 0.591. The van der Waals surface area contributed by atoms with Gasteiger partial charge in [-0.3, -0.25) is 14.6 Å². The zero-order valence-corrected chi connectivity index (χ0v) is 7.82. The monoisotopic (exact) mass is 210 g/mol. The number of aromatic nitrogens is 2. The van der Waals surface area contributed by atoms with Crippen LogP contribution in [0, 0.1) is 0 Å². The highest BCUT2D eigenvalue weighted by molar-refractivity contribution is 6.32. The van der Waals surface area contributed by atoms with Gasteiger partial charge in [-0.2, -0.15) is 0 Å². The molecular formula is C8H7ClN4O. The Balaban J connectivity index is 2.68. The van der Waals surface area contributed by atoms with Crippen molar-refractivity contribution in [1.82, 2.24) is 14.8 Å². The number of hydrogen-bond acceptors (Lipinski definition) is 3. The first-order valence-corrected chi connectivity index (χ1v) is 4.25. The van der Waals surface area contributed by atoms with Crippen LogP contribution < -0.4 is 11.3 Å². The van der Waals surface area contributed by atoms with Crippen molar-refractivity contribution in [3.8, 4) is 0 Å². The van der Waals surface area contributed by atoms with Gasteiger partial charge in [-0.25, -0.2) is 10.8 Å². The molecule has 0 aliphatic heterocycles. The number of nitrogens with zero attached hydrogens (tertiary/aromatic N) is 2. The summed E-state index contributed by atoms with van der Waals surface area (Å²) in [5, 5.41) is 0.253. The van der Waals surface area contributed by atoms with Crippen LogP contribution in [0.2, 0.25) is 5.15 Å².